The van der Waals surface area contributed by atoms with Crippen molar-refractivity contribution < 1.29 is 0 Å². The van der Waals surface area contributed by atoms with Crippen LogP contribution in [0.2, 0.25) is 0 Å². The third-order valence-corrected chi connectivity index (χ3v) is 2.07. The molecule has 0 aliphatic carbocycles. The van der Waals surface area contributed by atoms with Crippen LogP contribution in [0.3, 0.4) is 0 Å². The van der Waals surface area contributed by atoms with Crippen LogP contribution in [-0.2, 0) is 0 Å². The standard InChI is InChI=1S/C7H18N2.C5H14N2/c1-2-3-6-9-7-4-5-8;1-2-7-5-3-4-6/h9H,2-8H2,1H3;7H,2-6H2,1H3. The average Bonchev–Trinajstić information content (AvgIpc) is 2.31. The van der Waals surface area contributed by atoms with Gasteiger partial charge in [0.1, 0.15) is 0 Å². The summed E-state index contributed by atoms with van der Waals surface area (Å²) < 4.78 is 0. The predicted molar refractivity (Wildman–Crippen MR) is 73.7 cm³/mol. The molecule has 0 rings (SSSR count). The molecule has 0 aromatic carbocycles. The fourth-order valence-corrected chi connectivity index (χ4v) is 1.06. The largest absolute Gasteiger partial charge is 0.330 e. The molecule has 0 unspecified atom stereocenters. The van der Waals surface area contributed by atoms with Gasteiger partial charge in [0.25, 0.3) is 0 Å². The third-order valence-electron chi connectivity index (χ3n) is 2.07. The van der Waals surface area contributed by atoms with E-state index in [1.807, 2.05) is 0 Å². The molecule has 100 valence electrons. The van der Waals surface area contributed by atoms with E-state index in [1.165, 1.54) is 12.8 Å². The lowest BCUT2D eigenvalue weighted by atomic mass is 10.3. The van der Waals surface area contributed by atoms with Gasteiger partial charge in [-0.25, -0.2) is 0 Å². The van der Waals surface area contributed by atoms with Gasteiger partial charge in [0.2, 0.25) is 0 Å². The van der Waals surface area contributed by atoms with E-state index in [4.69, 9.17) is 11.5 Å². The normalized spacial score (nSPS) is 9.75. The van der Waals surface area contributed by atoms with Crippen molar-refractivity contribution in [2.75, 3.05) is 39.3 Å². The van der Waals surface area contributed by atoms with Crippen molar-refractivity contribution >= 4 is 0 Å². The zero-order valence-corrected chi connectivity index (χ0v) is 11.2. The van der Waals surface area contributed by atoms with Crippen molar-refractivity contribution in [3.05, 3.63) is 0 Å². The van der Waals surface area contributed by atoms with E-state index in [2.05, 4.69) is 24.5 Å². The lowest BCUT2D eigenvalue weighted by Gasteiger charge is -1.99. The van der Waals surface area contributed by atoms with E-state index in [0.29, 0.717) is 0 Å². The minimum Gasteiger partial charge on any atom is -0.330 e. The van der Waals surface area contributed by atoms with Gasteiger partial charge in [-0.05, 0) is 58.5 Å². The molecular formula is C12H32N4. The number of nitrogens with two attached hydrogens (primary N) is 2. The first-order valence-corrected chi connectivity index (χ1v) is 6.64. The molecular weight excluding hydrogens is 200 g/mol. The molecule has 0 amide bonds. The van der Waals surface area contributed by atoms with Crippen LogP contribution in [0.5, 0.6) is 0 Å². The fraction of sp³-hybridized carbons (Fsp3) is 1.00. The molecule has 6 N–H and O–H groups in total. The zero-order chi connectivity index (χ0) is 12.5. The van der Waals surface area contributed by atoms with Crippen LogP contribution in [-0.4, -0.2) is 39.3 Å². The molecule has 0 heterocycles. The Morgan fingerprint density at radius 2 is 1.25 bits per heavy atom. The molecule has 16 heavy (non-hydrogen) atoms. The van der Waals surface area contributed by atoms with Crippen LogP contribution in [0.4, 0.5) is 0 Å². The average molecular weight is 232 g/mol. The summed E-state index contributed by atoms with van der Waals surface area (Å²) in [5, 5.41) is 6.48. The minimum absolute atomic E-state index is 0.799. The van der Waals surface area contributed by atoms with E-state index in [1.54, 1.807) is 0 Å². The van der Waals surface area contributed by atoms with Crippen molar-refractivity contribution in [1.29, 1.82) is 0 Å². The highest BCUT2D eigenvalue weighted by molar-refractivity contribution is 4.46. The molecule has 0 bridgehead atoms. The van der Waals surface area contributed by atoms with Gasteiger partial charge in [-0.15, -0.1) is 0 Å². The maximum absolute atomic E-state index is 5.30. The van der Waals surface area contributed by atoms with Gasteiger partial charge in [0, 0.05) is 0 Å². The van der Waals surface area contributed by atoms with Gasteiger partial charge in [-0.3, -0.25) is 0 Å². The summed E-state index contributed by atoms with van der Waals surface area (Å²) >= 11 is 0. The van der Waals surface area contributed by atoms with Crippen molar-refractivity contribution in [2.45, 2.75) is 39.5 Å². The third kappa shape index (κ3) is 23.6. The van der Waals surface area contributed by atoms with Gasteiger partial charge in [0.05, 0.1) is 0 Å². The van der Waals surface area contributed by atoms with Gasteiger partial charge in [-0.2, -0.15) is 0 Å². The van der Waals surface area contributed by atoms with Crippen LogP contribution in [0.15, 0.2) is 0 Å². The molecule has 0 aromatic heterocycles. The topological polar surface area (TPSA) is 76.1 Å². The molecule has 0 radical (unpaired) electrons. The first-order chi connectivity index (χ1) is 7.83. The van der Waals surface area contributed by atoms with Crippen LogP contribution in [0.25, 0.3) is 0 Å². The maximum Gasteiger partial charge on any atom is -0.00369 e. The number of hydrogen-bond donors (Lipinski definition) is 4. The summed E-state index contributed by atoms with van der Waals surface area (Å²) in [5.41, 5.74) is 10.5. The summed E-state index contributed by atoms with van der Waals surface area (Å²) in [5.74, 6) is 0. The monoisotopic (exact) mass is 232 g/mol. The SMILES string of the molecule is CCCCNCCCN.CCNCCCN. The highest BCUT2D eigenvalue weighted by atomic mass is 14.8. The first kappa shape index (κ1) is 18.2. The zero-order valence-electron chi connectivity index (χ0n) is 11.2. The Hall–Kier alpha value is -0.160. The van der Waals surface area contributed by atoms with Gasteiger partial charge in [-0.1, -0.05) is 20.3 Å². The Morgan fingerprint density at radius 3 is 1.69 bits per heavy atom. The number of nitrogens with one attached hydrogen (secondary N) is 2. The van der Waals surface area contributed by atoms with E-state index in [0.717, 1.165) is 52.1 Å². The summed E-state index contributed by atoms with van der Waals surface area (Å²) in [4.78, 5) is 0. The molecule has 0 aliphatic rings. The van der Waals surface area contributed by atoms with Gasteiger partial charge < -0.3 is 22.1 Å². The minimum atomic E-state index is 0.799. The van der Waals surface area contributed by atoms with Crippen molar-refractivity contribution in [2.24, 2.45) is 11.5 Å². The second-order valence-electron chi connectivity index (χ2n) is 3.74. The Balaban J connectivity index is 0. The quantitative estimate of drug-likeness (QED) is 0.418. The second kappa shape index (κ2) is 20.3. The van der Waals surface area contributed by atoms with Crippen molar-refractivity contribution in [3.63, 3.8) is 0 Å². The molecule has 4 heteroatoms. The highest BCUT2D eigenvalue weighted by Gasteiger charge is 1.83. The molecule has 0 spiro atoms. The summed E-state index contributed by atoms with van der Waals surface area (Å²) in [6.45, 7) is 10.2. The van der Waals surface area contributed by atoms with E-state index in [-0.39, 0.29) is 0 Å². The number of rotatable bonds is 10. The molecule has 0 aliphatic heterocycles. The van der Waals surface area contributed by atoms with Crippen LogP contribution < -0.4 is 22.1 Å². The molecule has 0 saturated carbocycles. The van der Waals surface area contributed by atoms with Crippen molar-refractivity contribution in [3.8, 4) is 0 Å². The first-order valence-electron chi connectivity index (χ1n) is 6.64. The van der Waals surface area contributed by atoms with Crippen LogP contribution in [0.1, 0.15) is 39.5 Å². The molecule has 0 saturated heterocycles. The predicted octanol–water partition coefficient (Wildman–Crippen LogP) is 0.670. The summed E-state index contributed by atoms with van der Waals surface area (Å²) in [6, 6.07) is 0. The molecule has 0 aromatic rings. The summed E-state index contributed by atoms with van der Waals surface area (Å²) in [7, 11) is 0. The molecule has 4 nitrogen and oxygen atoms in total. The summed E-state index contributed by atoms with van der Waals surface area (Å²) in [6.07, 6.45) is 4.75. The smallest absolute Gasteiger partial charge is 0.00369 e. The number of hydrogen-bond acceptors (Lipinski definition) is 4. The van der Waals surface area contributed by atoms with Crippen LogP contribution in [0, 0.1) is 0 Å². The van der Waals surface area contributed by atoms with E-state index < -0.39 is 0 Å². The Kier molecular flexibility index (Phi) is 23.1. The Morgan fingerprint density at radius 1 is 0.750 bits per heavy atom. The maximum atomic E-state index is 5.30. The number of unbranched alkanes of at least 4 members (excludes halogenated alkanes) is 1. The lowest BCUT2D eigenvalue weighted by Crippen LogP contribution is -2.19. The van der Waals surface area contributed by atoms with Crippen molar-refractivity contribution in [1.82, 2.24) is 10.6 Å². The van der Waals surface area contributed by atoms with Crippen LogP contribution >= 0.6 is 0 Å². The highest BCUT2D eigenvalue weighted by Crippen LogP contribution is 1.81. The molecule has 0 fully saturated rings. The Bertz CT molecular complexity index is 89.0. The fourth-order valence-electron chi connectivity index (χ4n) is 1.06. The van der Waals surface area contributed by atoms with Gasteiger partial charge >= 0.3 is 0 Å². The van der Waals surface area contributed by atoms with E-state index in [9.17, 15) is 0 Å². The van der Waals surface area contributed by atoms with E-state index >= 15 is 0 Å². The molecule has 0 atom stereocenters. The Labute approximate surface area is 102 Å². The lowest BCUT2D eigenvalue weighted by molar-refractivity contribution is 0.621. The van der Waals surface area contributed by atoms with Gasteiger partial charge in [0.15, 0.2) is 0 Å². The second-order valence-corrected chi connectivity index (χ2v) is 3.74.